The van der Waals surface area contributed by atoms with Crippen LogP contribution in [0.5, 0.6) is 0 Å². The molecule has 0 spiro atoms. The molecule has 0 aliphatic rings. The molecule has 0 radical (unpaired) electrons. The standard InChI is InChI=1S/C10H10N2O3S/c11-7-1-2-8-16(15)10-5-3-9(4-6-10)12(13)14/h3-6H,1-2,8H2. The monoisotopic (exact) mass is 238 g/mol. The first-order valence-corrected chi connectivity index (χ1v) is 5.97. The molecule has 0 aliphatic heterocycles. The number of non-ortho nitro benzene ring substituents is 1. The van der Waals surface area contributed by atoms with E-state index in [-0.39, 0.29) is 5.69 Å². The third-order valence-electron chi connectivity index (χ3n) is 1.93. The zero-order chi connectivity index (χ0) is 12.0. The van der Waals surface area contributed by atoms with Crippen molar-refractivity contribution in [1.29, 1.82) is 5.26 Å². The number of unbranched alkanes of at least 4 members (excludes halogenated alkanes) is 1. The van der Waals surface area contributed by atoms with Crippen LogP contribution < -0.4 is 0 Å². The van der Waals surface area contributed by atoms with E-state index in [9.17, 15) is 14.3 Å². The molecule has 5 nitrogen and oxygen atoms in total. The Balaban J connectivity index is 2.64. The summed E-state index contributed by atoms with van der Waals surface area (Å²) in [5.41, 5.74) is -0.0159. The Hall–Kier alpha value is -1.74. The first-order valence-electron chi connectivity index (χ1n) is 4.65. The van der Waals surface area contributed by atoms with Gasteiger partial charge in [-0.25, -0.2) is 0 Å². The van der Waals surface area contributed by atoms with Crippen molar-refractivity contribution in [2.24, 2.45) is 0 Å². The van der Waals surface area contributed by atoms with Gasteiger partial charge in [0.25, 0.3) is 5.69 Å². The fourth-order valence-electron chi connectivity index (χ4n) is 1.12. The lowest BCUT2D eigenvalue weighted by Crippen LogP contribution is -1.98. The second-order valence-electron chi connectivity index (χ2n) is 3.06. The average molecular weight is 238 g/mol. The molecular weight excluding hydrogens is 228 g/mol. The van der Waals surface area contributed by atoms with Gasteiger partial charge in [0.1, 0.15) is 0 Å². The zero-order valence-electron chi connectivity index (χ0n) is 8.46. The van der Waals surface area contributed by atoms with Crippen LogP contribution in [-0.4, -0.2) is 14.9 Å². The van der Waals surface area contributed by atoms with Gasteiger partial charge < -0.3 is 0 Å². The number of nitrogens with zero attached hydrogens (tertiary/aromatic N) is 2. The molecule has 0 aromatic heterocycles. The van der Waals surface area contributed by atoms with E-state index >= 15 is 0 Å². The summed E-state index contributed by atoms with van der Waals surface area (Å²) in [7, 11) is -1.18. The van der Waals surface area contributed by atoms with E-state index in [1.54, 1.807) is 0 Å². The Kier molecular flexibility index (Phi) is 4.61. The van der Waals surface area contributed by atoms with Crippen LogP contribution in [0.2, 0.25) is 0 Å². The Morgan fingerprint density at radius 3 is 2.50 bits per heavy atom. The molecule has 1 atom stereocenters. The molecular formula is C10H10N2O3S. The minimum Gasteiger partial charge on any atom is -0.258 e. The van der Waals surface area contributed by atoms with Gasteiger partial charge in [-0.1, -0.05) is 0 Å². The number of hydrogen-bond acceptors (Lipinski definition) is 4. The second-order valence-corrected chi connectivity index (χ2v) is 4.63. The fourth-order valence-corrected chi connectivity index (χ4v) is 2.20. The van der Waals surface area contributed by atoms with Crippen LogP contribution in [0.15, 0.2) is 29.2 Å². The highest BCUT2D eigenvalue weighted by Gasteiger charge is 2.07. The van der Waals surface area contributed by atoms with Crippen molar-refractivity contribution < 1.29 is 9.13 Å². The Labute approximate surface area is 95.3 Å². The molecule has 1 aromatic carbocycles. The van der Waals surface area contributed by atoms with Gasteiger partial charge in [0, 0.05) is 29.2 Å². The lowest BCUT2D eigenvalue weighted by Gasteiger charge is -1.99. The van der Waals surface area contributed by atoms with Crippen LogP contribution in [0.1, 0.15) is 12.8 Å². The highest BCUT2D eigenvalue weighted by molar-refractivity contribution is 7.85. The van der Waals surface area contributed by atoms with Gasteiger partial charge in [-0.05, 0) is 18.6 Å². The smallest absolute Gasteiger partial charge is 0.258 e. The minimum absolute atomic E-state index is 0.0159. The van der Waals surface area contributed by atoms with Crippen molar-refractivity contribution >= 4 is 16.5 Å². The minimum atomic E-state index is -1.18. The van der Waals surface area contributed by atoms with Gasteiger partial charge in [0.05, 0.1) is 21.8 Å². The summed E-state index contributed by atoms with van der Waals surface area (Å²) < 4.78 is 11.6. The van der Waals surface area contributed by atoms with E-state index in [1.807, 2.05) is 6.07 Å². The van der Waals surface area contributed by atoms with Crippen LogP contribution in [0.25, 0.3) is 0 Å². The molecule has 0 saturated carbocycles. The van der Waals surface area contributed by atoms with Crippen molar-refractivity contribution in [2.75, 3.05) is 5.75 Å². The number of nitriles is 1. The van der Waals surface area contributed by atoms with E-state index in [2.05, 4.69) is 0 Å². The molecule has 0 aliphatic carbocycles. The van der Waals surface area contributed by atoms with Gasteiger partial charge in [-0.3, -0.25) is 14.3 Å². The molecule has 0 amide bonds. The largest absolute Gasteiger partial charge is 0.269 e. The quantitative estimate of drug-likeness (QED) is 0.446. The number of benzene rings is 1. The second kappa shape index (κ2) is 5.98. The third-order valence-corrected chi connectivity index (χ3v) is 3.39. The highest BCUT2D eigenvalue weighted by atomic mass is 32.2. The molecule has 1 unspecified atom stereocenters. The molecule has 84 valence electrons. The van der Waals surface area contributed by atoms with E-state index < -0.39 is 15.7 Å². The summed E-state index contributed by atoms with van der Waals surface area (Å²) >= 11 is 0. The lowest BCUT2D eigenvalue weighted by atomic mass is 10.3. The van der Waals surface area contributed by atoms with Crippen LogP contribution in [0, 0.1) is 21.4 Å². The molecule has 1 aromatic rings. The maximum Gasteiger partial charge on any atom is 0.269 e. The SMILES string of the molecule is N#CCCCS(=O)c1ccc([N+](=O)[O-])cc1. The molecule has 0 bridgehead atoms. The van der Waals surface area contributed by atoms with Crippen molar-refractivity contribution in [1.82, 2.24) is 0 Å². The number of rotatable bonds is 5. The molecule has 0 saturated heterocycles. The van der Waals surface area contributed by atoms with Gasteiger partial charge >= 0.3 is 0 Å². The summed E-state index contributed by atoms with van der Waals surface area (Å²) in [5, 5.41) is 18.7. The fraction of sp³-hybridized carbons (Fsp3) is 0.300. The molecule has 0 heterocycles. The van der Waals surface area contributed by atoms with Gasteiger partial charge in [0.2, 0.25) is 0 Å². The van der Waals surface area contributed by atoms with E-state index in [1.165, 1.54) is 24.3 Å². The molecule has 6 heteroatoms. The van der Waals surface area contributed by atoms with E-state index in [0.29, 0.717) is 23.5 Å². The Bertz CT molecular complexity index is 436. The Morgan fingerprint density at radius 2 is 2.00 bits per heavy atom. The lowest BCUT2D eigenvalue weighted by molar-refractivity contribution is -0.384. The van der Waals surface area contributed by atoms with Crippen LogP contribution in [-0.2, 0) is 10.8 Å². The zero-order valence-corrected chi connectivity index (χ0v) is 9.27. The summed E-state index contributed by atoms with van der Waals surface area (Å²) in [6.07, 6.45) is 0.943. The predicted octanol–water partition coefficient (Wildman–Crippen LogP) is 2.01. The maximum atomic E-state index is 11.6. The molecule has 0 N–H and O–H groups in total. The first kappa shape index (κ1) is 12.3. The van der Waals surface area contributed by atoms with Crippen molar-refractivity contribution in [3.63, 3.8) is 0 Å². The number of nitro benzene ring substituents is 1. The molecule has 1 rings (SSSR count). The maximum absolute atomic E-state index is 11.6. The number of nitro groups is 1. The van der Waals surface area contributed by atoms with Crippen LogP contribution in [0.4, 0.5) is 5.69 Å². The molecule has 16 heavy (non-hydrogen) atoms. The Morgan fingerprint density at radius 1 is 1.38 bits per heavy atom. The van der Waals surface area contributed by atoms with Crippen LogP contribution >= 0.6 is 0 Å². The molecule has 0 fully saturated rings. The van der Waals surface area contributed by atoms with Crippen molar-refractivity contribution in [3.8, 4) is 6.07 Å². The van der Waals surface area contributed by atoms with Gasteiger partial charge in [-0.15, -0.1) is 0 Å². The van der Waals surface area contributed by atoms with E-state index in [4.69, 9.17) is 5.26 Å². The van der Waals surface area contributed by atoms with Gasteiger partial charge in [0.15, 0.2) is 0 Å². The third kappa shape index (κ3) is 3.44. The first-order chi connectivity index (χ1) is 7.65. The number of hydrogen-bond donors (Lipinski definition) is 0. The van der Waals surface area contributed by atoms with Gasteiger partial charge in [-0.2, -0.15) is 5.26 Å². The topological polar surface area (TPSA) is 84.0 Å². The summed E-state index contributed by atoms with van der Waals surface area (Å²) in [5.74, 6) is 0.408. The summed E-state index contributed by atoms with van der Waals surface area (Å²) in [6, 6.07) is 7.61. The normalized spacial score (nSPS) is 11.7. The van der Waals surface area contributed by atoms with Crippen molar-refractivity contribution in [2.45, 2.75) is 17.7 Å². The summed E-state index contributed by atoms with van der Waals surface area (Å²) in [6.45, 7) is 0. The average Bonchev–Trinajstić information content (AvgIpc) is 2.29. The van der Waals surface area contributed by atoms with Crippen molar-refractivity contribution in [3.05, 3.63) is 34.4 Å². The highest BCUT2D eigenvalue weighted by Crippen LogP contribution is 2.15. The van der Waals surface area contributed by atoms with Crippen LogP contribution in [0.3, 0.4) is 0 Å². The summed E-state index contributed by atoms with van der Waals surface area (Å²) in [4.78, 5) is 10.4. The predicted molar refractivity (Wildman–Crippen MR) is 59.2 cm³/mol. The van der Waals surface area contributed by atoms with E-state index in [0.717, 1.165) is 0 Å².